The van der Waals surface area contributed by atoms with Crippen molar-refractivity contribution in [3.8, 4) is 0 Å². The van der Waals surface area contributed by atoms with E-state index < -0.39 is 0 Å². The van der Waals surface area contributed by atoms with E-state index in [0.717, 1.165) is 15.6 Å². The van der Waals surface area contributed by atoms with Gasteiger partial charge in [0.1, 0.15) is 0 Å². The minimum Gasteiger partial charge on any atom is -0.380 e. The molecule has 0 aliphatic rings. The quantitative estimate of drug-likeness (QED) is 0.860. The van der Waals surface area contributed by atoms with Crippen molar-refractivity contribution in [2.24, 2.45) is 0 Å². The summed E-state index contributed by atoms with van der Waals surface area (Å²) in [5, 5.41) is 3.42. The van der Waals surface area contributed by atoms with Crippen LogP contribution in [0, 0.1) is 0 Å². The van der Waals surface area contributed by atoms with E-state index in [1.807, 2.05) is 24.3 Å². The molecule has 0 radical (unpaired) electrons. The summed E-state index contributed by atoms with van der Waals surface area (Å²) in [6, 6.07) is 13.0. The molecule has 3 nitrogen and oxygen atoms in total. The fourth-order valence-corrected chi connectivity index (χ4v) is 2.85. The van der Waals surface area contributed by atoms with E-state index in [1.54, 1.807) is 25.3 Å². The zero-order chi connectivity index (χ0) is 15.2. The molecule has 2 aromatic carbocycles. The molecule has 1 amide bonds. The molecule has 0 heterocycles. The summed E-state index contributed by atoms with van der Waals surface area (Å²) in [6.45, 7) is 0.970. The summed E-state index contributed by atoms with van der Waals surface area (Å²) >= 11 is 9.28. The minimum absolute atomic E-state index is 0.162. The lowest BCUT2D eigenvalue weighted by Crippen LogP contribution is -2.23. The van der Waals surface area contributed by atoms with Gasteiger partial charge < -0.3 is 10.1 Å². The Bertz CT molecular complexity index is 626. The number of nitrogens with one attached hydrogen (secondary N) is 1. The first-order chi connectivity index (χ1) is 10.1. The summed E-state index contributed by atoms with van der Waals surface area (Å²) in [4.78, 5) is 12.2. The van der Waals surface area contributed by atoms with Gasteiger partial charge in [0.2, 0.25) is 0 Å². The molecule has 0 saturated carbocycles. The maximum Gasteiger partial charge on any atom is 0.251 e. The maximum atomic E-state index is 12.2. The molecule has 0 bridgehead atoms. The number of carbonyl (C=O) groups is 1. The maximum absolute atomic E-state index is 12.2. The van der Waals surface area contributed by atoms with E-state index >= 15 is 0 Å². The predicted octanol–water partition coefficient (Wildman–Crippen LogP) is 4.18. The highest BCUT2D eigenvalue weighted by Gasteiger charge is 2.09. The molecule has 110 valence electrons. The van der Waals surface area contributed by atoms with Crippen LogP contribution in [0.1, 0.15) is 21.5 Å². The summed E-state index contributed by atoms with van der Waals surface area (Å²) in [5.74, 6) is -0.162. The Morgan fingerprint density at radius 2 is 1.95 bits per heavy atom. The van der Waals surface area contributed by atoms with E-state index in [0.29, 0.717) is 23.7 Å². The molecule has 2 rings (SSSR count). The van der Waals surface area contributed by atoms with Crippen molar-refractivity contribution < 1.29 is 9.53 Å². The lowest BCUT2D eigenvalue weighted by atomic mass is 10.1. The van der Waals surface area contributed by atoms with Crippen LogP contribution in [0.5, 0.6) is 0 Å². The largest absolute Gasteiger partial charge is 0.380 e. The number of carbonyl (C=O) groups excluding carboxylic acids is 1. The van der Waals surface area contributed by atoms with Crippen molar-refractivity contribution in [2.45, 2.75) is 13.2 Å². The third-order valence-electron chi connectivity index (χ3n) is 2.98. The first kappa shape index (κ1) is 16.0. The number of amides is 1. The van der Waals surface area contributed by atoms with Crippen LogP contribution >= 0.6 is 27.5 Å². The molecule has 0 atom stereocenters. The normalized spacial score (nSPS) is 10.4. The molecule has 0 aliphatic carbocycles. The number of hydrogen-bond acceptors (Lipinski definition) is 2. The Morgan fingerprint density at radius 1 is 1.24 bits per heavy atom. The van der Waals surface area contributed by atoms with Crippen LogP contribution in [0.15, 0.2) is 46.9 Å². The average molecular weight is 369 g/mol. The second kappa shape index (κ2) is 7.59. The van der Waals surface area contributed by atoms with Crippen LogP contribution in [-0.4, -0.2) is 13.0 Å². The van der Waals surface area contributed by atoms with Gasteiger partial charge in [-0.15, -0.1) is 0 Å². The van der Waals surface area contributed by atoms with Gasteiger partial charge in [0.05, 0.1) is 6.61 Å². The molecule has 21 heavy (non-hydrogen) atoms. The first-order valence-corrected chi connectivity index (χ1v) is 7.57. The Hall–Kier alpha value is -1.36. The van der Waals surface area contributed by atoms with Crippen LogP contribution in [0.4, 0.5) is 0 Å². The van der Waals surface area contributed by atoms with Crippen LogP contribution in [0.2, 0.25) is 5.02 Å². The summed E-state index contributed by atoms with van der Waals surface area (Å²) < 4.78 is 5.93. The van der Waals surface area contributed by atoms with Gasteiger partial charge in [0, 0.05) is 28.7 Å². The third kappa shape index (κ3) is 4.56. The van der Waals surface area contributed by atoms with E-state index in [1.165, 1.54) is 0 Å². The molecule has 1 N–H and O–H groups in total. The molecule has 0 spiro atoms. The number of benzene rings is 2. The van der Waals surface area contributed by atoms with Crippen LogP contribution in [0.25, 0.3) is 0 Å². The zero-order valence-electron chi connectivity index (χ0n) is 11.5. The van der Waals surface area contributed by atoms with E-state index in [2.05, 4.69) is 21.2 Å². The average Bonchev–Trinajstić information content (AvgIpc) is 2.45. The molecular formula is C16H15BrClNO2. The molecule has 0 unspecified atom stereocenters. The Kier molecular flexibility index (Phi) is 5.79. The van der Waals surface area contributed by atoms with Crippen LogP contribution < -0.4 is 5.32 Å². The van der Waals surface area contributed by atoms with E-state index in [9.17, 15) is 4.79 Å². The molecule has 5 heteroatoms. The highest BCUT2D eigenvalue weighted by Crippen LogP contribution is 2.19. The van der Waals surface area contributed by atoms with E-state index in [-0.39, 0.29) is 5.91 Å². The Labute approximate surface area is 137 Å². The molecular weight excluding hydrogens is 354 g/mol. The number of halogens is 2. The molecule has 0 fully saturated rings. The van der Waals surface area contributed by atoms with Gasteiger partial charge in [-0.3, -0.25) is 4.79 Å². The van der Waals surface area contributed by atoms with Gasteiger partial charge in [0.15, 0.2) is 0 Å². The second-order valence-corrected chi connectivity index (χ2v) is 5.89. The zero-order valence-corrected chi connectivity index (χ0v) is 13.9. The Morgan fingerprint density at radius 3 is 2.62 bits per heavy atom. The smallest absolute Gasteiger partial charge is 0.251 e. The first-order valence-electron chi connectivity index (χ1n) is 6.40. The standard InChI is InChI=1S/C16H15BrClNO2/c1-21-10-12-5-3-2-4-11(12)9-19-16(20)13-6-14(17)8-15(18)7-13/h2-8H,9-10H2,1H3,(H,19,20). The highest BCUT2D eigenvalue weighted by molar-refractivity contribution is 9.10. The van der Waals surface area contributed by atoms with Crippen molar-refractivity contribution in [2.75, 3.05) is 7.11 Å². The minimum atomic E-state index is -0.162. The van der Waals surface area contributed by atoms with Crippen LogP contribution in [0.3, 0.4) is 0 Å². The van der Waals surface area contributed by atoms with E-state index in [4.69, 9.17) is 16.3 Å². The monoisotopic (exact) mass is 367 g/mol. The summed E-state index contributed by atoms with van der Waals surface area (Å²) in [7, 11) is 1.65. The summed E-state index contributed by atoms with van der Waals surface area (Å²) in [6.07, 6.45) is 0. The van der Waals surface area contributed by atoms with Gasteiger partial charge in [-0.2, -0.15) is 0 Å². The molecule has 0 saturated heterocycles. The van der Waals surface area contributed by atoms with Crippen molar-refractivity contribution >= 4 is 33.4 Å². The second-order valence-electron chi connectivity index (χ2n) is 4.54. The van der Waals surface area contributed by atoms with Crippen molar-refractivity contribution in [1.29, 1.82) is 0 Å². The fraction of sp³-hybridized carbons (Fsp3) is 0.188. The molecule has 0 aromatic heterocycles. The molecule has 2 aromatic rings. The third-order valence-corrected chi connectivity index (χ3v) is 3.66. The number of ether oxygens (including phenoxy) is 1. The fourth-order valence-electron chi connectivity index (χ4n) is 1.99. The number of methoxy groups -OCH3 is 1. The lowest BCUT2D eigenvalue weighted by Gasteiger charge is -2.10. The molecule has 0 aliphatic heterocycles. The van der Waals surface area contributed by atoms with Gasteiger partial charge >= 0.3 is 0 Å². The predicted molar refractivity (Wildman–Crippen MR) is 87.5 cm³/mol. The van der Waals surface area contributed by atoms with Gasteiger partial charge in [0.25, 0.3) is 5.91 Å². The summed E-state index contributed by atoms with van der Waals surface area (Å²) in [5.41, 5.74) is 2.62. The lowest BCUT2D eigenvalue weighted by molar-refractivity contribution is 0.0950. The highest BCUT2D eigenvalue weighted by atomic mass is 79.9. The topological polar surface area (TPSA) is 38.3 Å². The number of hydrogen-bond donors (Lipinski definition) is 1. The van der Waals surface area contributed by atoms with Gasteiger partial charge in [-0.05, 0) is 29.3 Å². The van der Waals surface area contributed by atoms with Crippen molar-refractivity contribution in [3.05, 3.63) is 68.7 Å². The van der Waals surface area contributed by atoms with Gasteiger partial charge in [-0.1, -0.05) is 51.8 Å². The SMILES string of the molecule is COCc1ccccc1CNC(=O)c1cc(Cl)cc(Br)c1. The van der Waals surface area contributed by atoms with Crippen LogP contribution in [-0.2, 0) is 17.9 Å². The van der Waals surface area contributed by atoms with Crippen molar-refractivity contribution in [1.82, 2.24) is 5.32 Å². The Balaban J connectivity index is 2.07. The number of rotatable bonds is 5. The van der Waals surface area contributed by atoms with Crippen molar-refractivity contribution in [3.63, 3.8) is 0 Å². The van der Waals surface area contributed by atoms with Gasteiger partial charge in [-0.25, -0.2) is 0 Å².